The Bertz CT molecular complexity index is 874. The van der Waals surface area contributed by atoms with E-state index in [0.717, 1.165) is 37.2 Å². The molecule has 1 aliphatic rings. The molecule has 0 N–H and O–H groups in total. The lowest BCUT2D eigenvalue weighted by molar-refractivity contribution is -0.0298. The Morgan fingerprint density at radius 3 is 3.00 bits per heavy atom. The van der Waals surface area contributed by atoms with E-state index < -0.39 is 0 Å². The van der Waals surface area contributed by atoms with Crippen LogP contribution in [0.15, 0.2) is 30.6 Å². The van der Waals surface area contributed by atoms with Crippen LogP contribution in [0.4, 0.5) is 0 Å². The Kier molecular flexibility index (Phi) is 4.08. The first-order valence-corrected chi connectivity index (χ1v) is 8.30. The topological polar surface area (TPSA) is 62.1 Å². The number of ether oxygens (including phenoxy) is 2. The van der Waals surface area contributed by atoms with E-state index in [-0.39, 0.29) is 11.5 Å². The first kappa shape index (κ1) is 15.4. The summed E-state index contributed by atoms with van der Waals surface area (Å²) in [6, 6.07) is 7.67. The Labute approximate surface area is 144 Å². The summed E-state index contributed by atoms with van der Waals surface area (Å²) in [5, 5.41) is 0.192. The highest BCUT2D eigenvalue weighted by Gasteiger charge is 2.21. The average molecular weight is 345 g/mol. The van der Waals surface area contributed by atoms with E-state index >= 15 is 0 Å². The lowest BCUT2D eigenvalue weighted by Gasteiger charge is -2.23. The molecule has 2 aromatic heterocycles. The summed E-state index contributed by atoms with van der Waals surface area (Å²) in [6.07, 6.45) is 4.88. The van der Waals surface area contributed by atoms with Crippen LogP contribution in [0.25, 0.3) is 22.4 Å². The van der Waals surface area contributed by atoms with Gasteiger partial charge < -0.3 is 9.47 Å². The molecular formula is C17H17ClN4O2. The van der Waals surface area contributed by atoms with Crippen LogP contribution in [0.5, 0.6) is 5.75 Å². The number of aromatic nitrogens is 4. The van der Waals surface area contributed by atoms with Gasteiger partial charge in [0.25, 0.3) is 0 Å². The molecule has 4 rings (SSSR count). The number of halogens is 1. The number of methoxy groups -OCH3 is 1. The van der Waals surface area contributed by atoms with Gasteiger partial charge in [0.15, 0.2) is 5.65 Å². The van der Waals surface area contributed by atoms with Crippen LogP contribution < -0.4 is 4.74 Å². The molecule has 1 atom stereocenters. The Morgan fingerprint density at radius 1 is 1.29 bits per heavy atom. The van der Waals surface area contributed by atoms with Gasteiger partial charge in [0.05, 0.1) is 13.4 Å². The van der Waals surface area contributed by atoms with Gasteiger partial charge in [-0.2, -0.15) is 4.98 Å². The molecule has 1 aliphatic heterocycles. The lowest BCUT2D eigenvalue weighted by Crippen LogP contribution is -2.17. The van der Waals surface area contributed by atoms with Gasteiger partial charge in [0, 0.05) is 12.2 Å². The Hall–Kier alpha value is -2.18. The highest BCUT2D eigenvalue weighted by molar-refractivity contribution is 6.28. The second kappa shape index (κ2) is 6.37. The zero-order valence-corrected chi connectivity index (χ0v) is 14.0. The normalized spacial score (nSPS) is 18.0. The van der Waals surface area contributed by atoms with Crippen LogP contribution in [0.3, 0.4) is 0 Å². The molecule has 1 saturated heterocycles. The van der Waals surface area contributed by atoms with Crippen molar-refractivity contribution in [2.75, 3.05) is 13.7 Å². The summed E-state index contributed by atoms with van der Waals surface area (Å²) in [7, 11) is 1.64. The van der Waals surface area contributed by atoms with Crippen molar-refractivity contribution >= 4 is 22.8 Å². The fourth-order valence-corrected chi connectivity index (χ4v) is 3.18. The number of benzene rings is 1. The van der Waals surface area contributed by atoms with Crippen molar-refractivity contribution in [3.05, 3.63) is 35.9 Å². The van der Waals surface area contributed by atoms with Gasteiger partial charge >= 0.3 is 0 Å². The molecule has 1 fully saturated rings. The molecule has 0 amide bonds. The van der Waals surface area contributed by atoms with Gasteiger partial charge in [-0.25, -0.2) is 9.97 Å². The maximum atomic E-state index is 6.18. The van der Waals surface area contributed by atoms with Gasteiger partial charge in [0.2, 0.25) is 5.28 Å². The first-order chi connectivity index (χ1) is 11.8. The van der Waals surface area contributed by atoms with Gasteiger partial charge in [0.1, 0.15) is 23.2 Å². The van der Waals surface area contributed by atoms with Gasteiger partial charge in [-0.1, -0.05) is 12.1 Å². The Balaban J connectivity index is 1.85. The predicted octanol–water partition coefficient (Wildman–Crippen LogP) is 3.85. The maximum absolute atomic E-state index is 6.18. The third-order valence-electron chi connectivity index (χ3n) is 4.20. The van der Waals surface area contributed by atoms with Gasteiger partial charge in [-0.05, 0) is 43.0 Å². The van der Waals surface area contributed by atoms with E-state index in [0.29, 0.717) is 16.9 Å². The summed E-state index contributed by atoms with van der Waals surface area (Å²) < 4.78 is 13.1. The number of hydrogen-bond donors (Lipinski definition) is 0. The number of imidazole rings is 1. The minimum absolute atomic E-state index is 0.0483. The van der Waals surface area contributed by atoms with E-state index in [2.05, 4.69) is 15.0 Å². The average Bonchev–Trinajstić information content (AvgIpc) is 3.05. The van der Waals surface area contributed by atoms with Crippen LogP contribution in [-0.2, 0) is 4.74 Å². The molecule has 7 heteroatoms. The second-order valence-electron chi connectivity index (χ2n) is 5.72. The minimum Gasteiger partial charge on any atom is -0.497 e. The maximum Gasteiger partial charge on any atom is 0.225 e. The smallest absolute Gasteiger partial charge is 0.225 e. The molecule has 3 heterocycles. The van der Waals surface area contributed by atoms with E-state index in [1.807, 2.05) is 28.8 Å². The predicted molar refractivity (Wildman–Crippen MR) is 91.2 cm³/mol. The fourth-order valence-electron chi connectivity index (χ4n) is 3.02. The van der Waals surface area contributed by atoms with Crippen LogP contribution >= 0.6 is 11.6 Å². The standard InChI is InChI=1S/C17H17ClN4O2/c1-23-12-6-4-5-11(9-12)14-15-16(21-17(18)20-14)22(10-19-15)13-7-2-3-8-24-13/h4-6,9-10,13H,2-3,7-8H2,1H3. The third kappa shape index (κ3) is 2.72. The summed E-state index contributed by atoms with van der Waals surface area (Å²) in [4.78, 5) is 13.3. The SMILES string of the molecule is COc1cccc(-c2nc(Cl)nc3c2ncn3C2CCCCO2)c1. The second-order valence-corrected chi connectivity index (χ2v) is 6.06. The zero-order valence-electron chi connectivity index (χ0n) is 13.3. The molecule has 24 heavy (non-hydrogen) atoms. The van der Waals surface area contributed by atoms with E-state index in [4.69, 9.17) is 21.1 Å². The van der Waals surface area contributed by atoms with Crippen molar-refractivity contribution in [3.8, 4) is 17.0 Å². The van der Waals surface area contributed by atoms with E-state index in [9.17, 15) is 0 Å². The fraction of sp³-hybridized carbons (Fsp3) is 0.353. The molecule has 1 unspecified atom stereocenters. The molecule has 0 saturated carbocycles. The zero-order chi connectivity index (χ0) is 16.5. The van der Waals surface area contributed by atoms with Crippen molar-refractivity contribution in [1.82, 2.24) is 19.5 Å². The quantitative estimate of drug-likeness (QED) is 0.675. The molecule has 0 aliphatic carbocycles. The first-order valence-electron chi connectivity index (χ1n) is 7.92. The molecule has 3 aromatic rings. The number of hydrogen-bond acceptors (Lipinski definition) is 5. The molecule has 0 spiro atoms. The molecule has 6 nitrogen and oxygen atoms in total. The summed E-state index contributed by atoms with van der Waals surface area (Å²) >= 11 is 6.18. The highest BCUT2D eigenvalue weighted by Crippen LogP contribution is 2.31. The van der Waals surface area contributed by atoms with Crippen molar-refractivity contribution in [3.63, 3.8) is 0 Å². The third-order valence-corrected chi connectivity index (χ3v) is 4.37. The molecule has 1 aromatic carbocycles. The van der Waals surface area contributed by atoms with Crippen molar-refractivity contribution < 1.29 is 9.47 Å². The molecule has 0 bridgehead atoms. The molecular weight excluding hydrogens is 328 g/mol. The van der Waals surface area contributed by atoms with Crippen LogP contribution in [0.1, 0.15) is 25.5 Å². The number of rotatable bonds is 3. The lowest BCUT2D eigenvalue weighted by atomic mass is 10.1. The summed E-state index contributed by atoms with van der Waals surface area (Å²) in [5.74, 6) is 0.755. The summed E-state index contributed by atoms with van der Waals surface area (Å²) in [6.45, 7) is 0.756. The van der Waals surface area contributed by atoms with Gasteiger partial charge in [-0.3, -0.25) is 4.57 Å². The van der Waals surface area contributed by atoms with Gasteiger partial charge in [-0.15, -0.1) is 0 Å². The summed E-state index contributed by atoms with van der Waals surface area (Å²) in [5.41, 5.74) is 2.98. The van der Waals surface area contributed by atoms with E-state index in [1.165, 1.54) is 0 Å². The van der Waals surface area contributed by atoms with Crippen LogP contribution in [0.2, 0.25) is 5.28 Å². The van der Waals surface area contributed by atoms with Crippen molar-refractivity contribution in [2.24, 2.45) is 0 Å². The largest absolute Gasteiger partial charge is 0.497 e. The minimum atomic E-state index is -0.0483. The van der Waals surface area contributed by atoms with E-state index in [1.54, 1.807) is 13.4 Å². The number of fused-ring (bicyclic) bond motifs is 1. The molecule has 124 valence electrons. The monoisotopic (exact) mass is 344 g/mol. The van der Waals surface area contributed by atoms with Crippen LogP contribution in [-0.4, -0.2) is 33.2 Å². The van der Waals surface area contributed by atoms with Crippen LogP contribution in [0, 0.1) is 0 Å². The Morgan fingerprint density at radius 2 is 2.21 bits per heavy atom. The highest BCUT2D eigenvalue weighted by atomic mass is 35.5. The molecule has 0 radical (unpaired) electrons. The number of nitrogens with zero attached hydrogens (tertiary/aromatic N) is 4. The van der Waals surface area contributed by atoms with Crippen molar-refractivity contribution in [1.29, 1.82) is 0 Å². The van der Waals surface area contributed by atoms with Crippen molar-refractivity contribution in [2.45, 2.75) is 25.5 Å².